The van der Waals surface area contributed by atoms with Crippen molar-refractivity contribution in [1.82, 2.24) is 0 Å². The maximum atomic E-state index is 6.12. The highest BCUT2D eigenvalue weighted by atomic mass is 35.5. The van der Waals surface area contributed by atoms with Crippen molar-refractivity contribution in [2.45, 2.75) is 18.7 Å². The fourth-order valence-electron chi connectivity index (χ4n) is 1.80. The molecule has 0 saturated heterocycles. The van der Waals surface area contributed by atoms with Gasteiger partial charge in [0.15, 0.2) is 5.17 Å². The minimum atomic E-state index is 0.0648. The van der Waals surface area contributed by atoms with E-state index in [4.69, 9.17) is 17.3 Å². The van der Waals surface area contributed by atoms with Crippen LogP contribution < -0.4 is 5.73 Å². The molecule has 0 bridgehead atoms. The van der Waals surface area contributed by atoms with Crippen molar-refractivity contribution in [2.24, 2.45) is 10.7 Å². The van der Waals surface area contributed by atoms with E-state index in [-0.39, 0.29) is 6.04 Å². The van der Waals surface area contributed by atoms with Crippen LogP contribution in [-0.2, 0) is 5.75 Å². The molecule has 0 saturated carbocycles. The molecule has 2 aromatic rings. The summed E-state index contributed by atoms with van der Waals surface area (Å²) in [6.07, 6.45) is 0. The summed E-state index contributed by atoms with van der Waals surface area (Å²) in [4.78, 5) is 4.51. The van der Waals surface area contributed by atoms with Gasteiger partial charge < -0.3 is 5.73 Å². The molecular formula is C16H17ClN2S. The third-order valence-corrected chi connectivity index (χ3v) is 4.16. The molecule has 0 heterocycles. The molecule has 1 atom stereocenters. The van der Waals surface area contributed by atoms with Crippen molar-refractivity contribution in [1.29, 1.82) is 0 Å². The average Bonchev–Trinajstić information content (AvgIpc) is 2.47. The molecule has 4 heteroatoms. The first-order chi connectivity index (χ1) is 9.66. The van der Waals surface area contributed by atoms with Crippen LogP contribution in [0.2, 0.25) is 5.02 Å². The second-order valence-corrected chi connectivity index (χ2v) is 5.84. The Morgan fingerprint density at radius 2 is 1.80 bits per heavy atom. The van der Waals surface area contributed by atoms with Crippen molar-refractivity contribution in [2.75, 3.05) is 0 Å². The first-order valence-electron chi connectivity index (χ1n) is 6.41. The average molecular weight is 305 g/mol. The number of hydrogen-bond donors (Lipinski definition) is 1. The van der Waals surface area contributed by atoms with E-state index in [1.54, 1.807) is 0 Å². The molecule has 0 unspecified atom stereocenters. The molecule has 2 N–H and O–H groups in total. The van der Waals surface area contributed by atoms with E-state index in [1.165, 1.54) is 11.8 Å². The van der Waals surface area contributed by atoms with Gasteiger partial charge in [-0.1, -0.05) is 71.9 Å². The van der Waals surface area contributed by atoms with Crippen LogP contribution in [0.5, 0.6) is 0 Å². The lowest BCUT2D eigenvalue weighted by molar-refractivity contribution is 0.822. The Balaban J connectivity index is 1.96. The van der Waals surface area contributed by atoms with E-state index in [1.807, 2.05) is 49.4 Å². The van der Waals surface area contributed by atoms with Gasteiger partial charge in [-0.05, 0) is 24.1 Å². The van der Waals surface area contributed by atoms with Crippen LogP contribution in [0, 0.1) is 0 Å². The Bertz CT molecular complexity index is 584. The number of benzene rings is 2. The lowest BCUT2D eigenvalue weighted by Gasteiger charge is -2.09. The molecule has 2 rings (SSSR count). The van der Waals surface area contributed by atoms with Crippen molar-refractivity contribution >= 4 is 28.5 Å². The fourth-order valence-corrected chi connectivity index (χ4v) is 2.87. The van der Waals surface area contributed by atoms with Crippen molar-refractivity contribution in [3.63, 3.8) is 0 Å². The number of thioether (sulfide) groups is 1. The van der Waals surface area contributed by atoms with Gasteiger partial charge in [0.1, 0.15) is 0 Å². The van der Waals surface area contributed by atoms with Gasteiger partial charge in [-0.25, -0.2) is 0 Å². The zero-order valence-electron chi connectivity index (χ0n) is 11.3. The summed E-state index contributed by atoms with van der Waals surface area (Å²) in [5.74, 6) is 0.733. The fraction of sp³-hybridized carbons (Fsp3) is 0.188. The summed E-state index contributed by atoms with van der Waals surface area (Å²) in [6.45, 7) is 2.04. The lowest BCUT2D eigenvalue weighted by atomic mass is 10.1. The van der Waals surface area contributed by atoms with Gasteiger partial charge in [0, 0.05) is 10.8 Å². The zero-order chi connectivity index (χ0) is 14.4. The topological polar surface area (TPSA) is 38.4 Å². The van der Waals surface area contributed by atoms with Crippen molar-refractivity contribution in [3.8, 4) is 0 Å². The predicted octanol–water partition coefficient (Wildman–Crippen LogP) is 4.65. The lowest BCUT2D eigenvalue weighted by Crippen LogP contribution is -2.09. The van der Waals surface area contributed by atoms with Crippen LogP contribution >= 0.6 is 23.4 Å². The normalized spacial score (nSPS) is 13.2. The quantitative estimate of drug-likeness (QED) is 0.659. The van der Waals surface area contributed by atoms with E-state index < -0.39 is 0 Å². The van der Waals surface area contributed by atoms with Gasteiger partial charge in [0.05, 0.1) is 6.04 Å². The maximum Gasteiger partial charge on any atom is 0.154 e. The second-order valence-electron chi connectivity index (χ2n) is 4.43. The molecule has 0 aliphatic rings. The zero-order valence-corrected chi connectivity index (χ0v) is 12.9. The highest BCUT2D eigenvalue weighted by Crippen LogP contribution is 2.22. The monoisotopic (exact) mass is 304 g/mol. The number of aliphatic imine (C=N–C) groups is 1. The van der Waals surface area contributed by atoms with Crippen LogP contribution in [-0.4, -0.2) is 5.17 Å². The first kappa shape index (κ1) is 14.9. The van der Waals surface area contributed by atoms with E-state index in [0.29, 0.717) is 5.17 Å². The number of amidine groups is 1. The third-order valence-electron chi connectivity index (χ3n) is 2.94. The molecule has 20 heavy (non-hydrogen) atoms. The van der Waals surface area contributed by atoms with Crippen LogP contribution in [0.1, 0.15) is 24.1 Å². The summed E-state index contributed by atoms with van der Waals surface area (Å²) in [5, 5.41) is 1.35. The Morgan fingerprint density at radius 1 is 1.15 bits per heavy atom. The SMILES string of the molecule is C[C@H](N=C(N)SCc1ccccc1Cl)c1ccccc1. The number of nitrogens with two attached hydrogens (primary N) is 1. The Morgan fingerprint density at radius 3 is 2.50 bits per heavy atom. The highest BCUT2D eigenvalue weighted by Gasteiger charge is 2.05. The minimum Gasteiger partial charge on any atom is -0.379 e. The van der Waals surface area contributed by atoms with Crippen molar-refractivity contribution < 1.29 is 0 Å². The van der Waals surface area contributed by atoms with Crippen LogP contribution in [0.25, 0.3) is 0 Å². The van der Waals surface area contributed by atoms with Gasteiger partial charge in [-0.2, -0.15) is 0 Å². The minimum absolute atomic E-state index is 0.0648. The highest BCUT2D eigenvalue weighted by molar-refractivity contribution is 8.13. The van der Waals surface area contributed by atoms with Gasteiger partial charge in [0.25, 0.3) is 0 Å². The van der Waals surface area contributed by atoms with Gasteiger partial charge in [-0.15, -0.1) is 0 Å². The first-order valence-corrected chi connectivity index (χ1v) is 7.77. The largest absolute Gasteiger partial charge is 0.379 e. The molecule has 0 aliphatic heterocycles. The molecule has 2 nitrogen and oxygen atoms in total. The molecule has 0 spiro atoms. The van der Waals surface area contributed by atoms with Gasteiger partial charge in [0.2, 0.25) is 0 Å². The predicted molar refractivity (Wildman–Crippen MR) is 89.2 cm³/mol. The third kappa shape index (κ3) is 4.29. The van der Waals surface area contributed by atoms with Crippen molar-refractivity contribution in [3.05, 3.63) is 70.7 Å². The molecule has 0 amide bonds. The second kappa shape index (κ2) is 7.36. The van der Waals surface area contributed by atoms with Gasteiger partial charge in [-0.3, -0.25) is 4.99 Å². The summed E-state index contributed by atoms with van der Waals surface area (Å²) in [5.41, 5.74) is 8.21. The number of rotatable bonds is 4. The van der Waals surface area contributed by atoms with E-state index >= 15 is 0 Å². The standard InChI is InChI=1S/C16H17ClN2S/c1-12(13-7-3-2-4-8-13)19-16(18)20-11-14-9-5-6-10-15(14)17/h2-10,12H,11H2,1H3,(H2,18,19)/t12-/m0/s1. The summed E-state index contributed by atoms with van der Waals surface area (Å²) < 4.78 is 0. The molecular weight excluding hydrogens is 288 g/mol. The molecule has 2 aromatic carbocycles. The number of hydrogen-bond acceptors (Lipinski definition) is 2. The molecule has 0 aromatic heterocycles. The summed E-state index contributed by atoms with van der Waals surface area (Å²) in [6, 6.07) is 18.0. The van der Waals surface area contributed by atoms with E-state index in [2.05, 4.69) is 17.1 Å². The van der Waals surface area contributed by atoms with Crippen LogP contribution in [0.3, 0.4) is 0 Å². The Labute approximate surface area is 129 Å². The number of nitrogens with zero attached hydrogens (tertiary/aromatic N) is 1. The molecule has 0 radical (unpaired) electrons. The van der Waals surface area contributed by atoms with E-state index in [0.717, 1.165) is 21.9 Å². The summed E-state index contributed by atoms with van der Waals surface area (Å²) in [7, 11) is 0. The van der Waals surface area contributed by atoms with Crippen LogP contribution in [0.4, 0.5) is 0 Å². The molecule has 0 aliphatic carbocycles. The van der Waals surface area contributed by atoms with Crippen LogP contribution in [0.15, 0.2) is 59.6 Å². The van der Waals surface area contributed by atoms with Gasteiger partial charge >= 0.3 is 0 Å². The smallest absolute Gasteiger partial charge is 0.154 e. The Kier molecular flexibility index (Phi) is 5.50. The summed E-state index contributed by atoms with van der Waals surface area (Å²) >= 11 is 7.63. The maximum absolute atomic E-state index is 6.12. The molecule has 0 fully saturated rings. The molecule has 104 valence electrons. The van der Waals surface area contributed by atoms with E-state index in [9.17, 15) is 0 Å². The number of halogens is 1. The Hall–Kier alpha value is -1.45.